The molecule has 2 rings (SSSR count). The predicted molar refractivity (Wildman–Crippen MR) is 87.0 cm³/mol. The fourth-order valence-corrected chi connectivity index (χ4v) is 2.23. The molecule has 0 saturated carbocycles. The van der Waals surface area contributed by atoms with Gasteiger partial charge < -0.3 is 4.42 Å². The molecule has 0 spiro atoms. The fourth-order valence-electron chi connectivity index (χ4n) is 2.05. The number of nitro benzene ring substituents is 2. The molecule has 0 unspecified atom stereocenters. The minimum Gasteiger partial charge on any atom is -0.409 e. The maximum atomic E-state index is 11.0. The van der Waals surface area contributed by atoms with E-state index in [1.807, 2.05) is 18.7 Å². The second-order valence-electron chi connectivity index (χ2n) is 4.87. The zero-order valence-corrected chi connectivity index (χ0v) is 13.9. The average Bonchev–Trinajstić information content (AvgIpc) is 2.92. The number of rotatable bonds is 7. The predicted octanol–water partition coefficient (Wildman–Crippen LogP) is 2.99. The molecule has 0 amide bonds. The largest absolute Gasteiger partial charge is 0.409 e. The Labute approximate surface area is 141 Å². The molecule has 0 aliphatic heterocycles. The highest BCUT2D eigenvalue weighted by atomic mass is 32.1. The lowest BCUT2D eigenvalue weighted by molar-refractivity contribution is -0.394. The summed E-state index contributed by atoms with van der Waals surface area (Å²) in [4.78, 5) is 22.6. The van der Waals surface area contributed by atoms with Crippen LogP contribution in [0.4, 0.5) is 11.4 Å². The van der Waals surface area contributed by atoms with E-state index in [-0.39, 0.29) is 16.3 Å². The van der Waals surface area contributed by atoms with Gasteiger partial charge in [-0.15, -0.1) is 5.10 Å². The summed E-state index contributed by atoms with van der Waals surface area (Å²) in [5.41, 5.74) is -0.711. The highest BCUT2D eigenvalue weighted by Gasteiger charge is 2.20. The van der Waals surface area contributed by atoms with Gasteiger partial charge in [0.2, 0.25) is 5.89 Å². The molecule has 0 aliphatic carbocycles. The van der Waals surface area contributed by atoms with Crippen molar-refractivity contribution in [1.29, 1.82) is 0 Å². The highest BCUT2D eigenvalue weighted by molar-refractivity contribution is 7.71. The molecule has 10 nitrogen and oxygen atoms in total. The molecule has 0 radical (unpaired) electrons. The Kier molecular flexibility index (Phi) is 5.36. The van der Waals surface area contributed by atoms with E-state index >= 15 is 0 Å². The summed E-state index contributed by atoms with van der Waals surface area (Å²) < 4.78 is 6.79. The molecule has 2 aromatic rings. The van der Waals surface area contributed by atoms with Crippen molar-refractivity contribution in [2.45, 2.75) is 20.5 Å². The standard InChI is InChI=1S/C13H15N5O5S/c1-3-15(4-2)8-16-13(24)23-12(14-16)9-5-10(17(19)20)7-11(6-9)18(21)22/h5-7H,3-4,8H2,1-2H3. The van der Waals surface area contributed by atoms with Crippen LogP contribution in [0, 0.1) is 25.1 Å². The Balaban J connectivity index is 2.47. The van der Waals surface area contributed by atoms with Crippen molar-refractivity contribution in [3.05, 3.63) is 43.3 Å². The monoisotopic (exact) mass is 353 g/mol. The molecule has 11 heteroatoms. The van der Waals surface area contributed by atoms with Crippen molar-refractivity contribution in [2.24, 2.45) is 0 Å². The molecule has 1 aromatic carbocycles. The van der Waals surface area contributed by atoms with Crippen molar-refractivity contribution >= 4 is 23.6 Å². The summed E-state index contributed by atoms with van der Waals surface area (Å²) in [6, 6.07) is 3.20. The van der Waals surface area contributed by atoms with Crippen LogP contribution in [0.3, 0.4) is 0 Å². The Morgan fingerprint density at radius 2 is 1.71 bits per heavy atom. The van der Waals surface area contributed by atoms with Crippen LogP contribution in [0.25, 0.3) is 11.5 Å². The van der Waals surface area contributed by atoms with Crippen LogP contribution in [0.15, 0.2) is 22.6 Å². The first kappa shape index (κ1) is 17.7. The van der Waals surface area contributed by atoms with Gasteiger partial charge in [-0.25, -0.2) is 4.68 Å². The summed E-state index contributed by atoms with van der Waals surface area (Å²) in [7, 11) is 0. The van der Waals surface area contributed by atoms with Crippen LogP contribution in [0.5, 0.6) is 0 Å². The van der Waals surface area contributed by atoms with Crippen LogP contribution in [-0.4, -0.2) is 37.6 Å². The number of non-ortho nitro benzene ring substituents is 2. The molecule has 128 valence electrons. The first-order chi connectivity index (χ1) is 11.3. The van der Waals surface area contributed by atoms with Crippen LogP contribution >= 0.6 is 12.2 Å². The third-order valence-electron chi connectivity index (χ3n) is 3.41. The zero-order chi connectivity index (χ0) is 17.9. The normalized spacial score (nSPS) is 11.0. The highest BCUT2D eigenvalue weighted by Crippen LogP contribution is 2.29. The first-order valence-corrected chi connectivity index (χ1v) is 7.51. The minimum atomic E-state index is -0.710. The third-order valence-corrected chi connectivity index (χ3v) is 3.70. The van der Waals surface area contributed by atoms with Gasteiger partial charge in [-0.3, -0.25) is 25.1 Å². The second-order valence-corrected chi connectivity index (χ2v) is 5.22. The van der Waals surface area contributed by atoms with E-state index in [0.29, 0.717) is 6.67 Å². The van der Waals surface area contributed by atoms with Gasteiger partial charge in [0, 0.05) is 12.1 Å². The molecular weight excluding hydrogens is 338 g/mol. The van der Waals surface area contributed by atoms with Gasteiger partial charge in [-0.1, -0.05) is 13.8 Å². The molecule has 1 aromatic heterocycles. The zero-order valence-electron chi connectivity index (χ0n) is 13.0. The Bertz CT molecular complexity index is 794. The van der Waals surface area contributed by atoms with Crippen LogP contribution in [0.1, 0.15) is 13.8 Å². The third kappa shape index (κ3) is 3.81. The van der Waals surface area contributed by atoms with Crippen molar-refractivity contribution in [3.63, 3.8) is 0 Å². The van der Waals surface area contributed by atoms with Crippen molar-refractivity contribution in [3.8, 4) is 11.5 Å². The molecule has 0 aliphatic rings. The maximum Gasteiger partial charge on any atom is 0.288 e. The lowest BCUT2D eigenvalue weighted by Crippen LogP contribution is -2.26. The van der Waals surface area contributed by atoms with Gasteiger partial charge in [0.05, 0.1) is 28.1 Å². The van der Waals surface area contributed by atoms with Gasteiger partial charge in [0.25, 0.3) is 16.2 Å². The van der Waals surface area contributed by atoms with Crippen LogP contribution < -0.4 is 0 Å². The van der Waals surface area contributed by atoms with Gasteiger partial charge in [0.15, 0.2) is 0 Å². The molecule has 0 bridgehead atoms. The minimum absolute atomic E-state index is 0.000967. The average molecular weight is 353 g/mol. The van der Waals surface area contributed by atoms with Gasteiger partial charge >= 0.3 is 0 Å². The number of hydrogen-bond acceptors (Lipinski definition) is 8. The quantitative estimate of drug-likeness (QED) is 0.423. The Morgan fingerprint density at radius 3 is 2.17 bits per heavy atom. The molecule has 0 N–H and O–H groups in total. The number of benzene rings is 1. The van der Waals surface area contributed by atoms with Gasteiger partial charge in [-0.05, 0) is 25.3 Å². The van der Waals surface area contributed by atoms with E-state index in [1.165, 1.54) is 4.68 Å². The number of aromatic nitrogens is 2. The summed E-state index contributed by atoms with van der Waals surface area (Å²) in [5.74, 6) is -0.000967. The van der Waals surface area contributed by atoms with Crippen molar-refractivity contribution in [1.82, 2.24) is 14.7 Å². The van der Waals surface area contributed by atoms with E-state index < -0.39 is 21.2 Å². The van der Waals surface area contributed by atoms with Crippen molar-refractivity contribution < 1.29 is 14.3 Å². The van der Waals surface area contributed by atoms with Crippen molar-refractivity contribution in [2.75, 3.05) is 13.1 Å². The van der Waals surface area contributed by atoms with E-state index in [4.69, 9.17) is 16.6 Å². The van der Waals surface area contributed by atoms with E-state index in [2.05, 4.69) is 5.10 Å². The molecular formula is C13H15N5O5S. The number of nitro groups is 2. The van der Waals surface area contributed by atoms with Crippen LogP contribution in [0.2, 0.25) is 0 Å². The lowest BCUT2D eigenvalue weighted by atomic mass is 10.2. The molecule has 0 saturated heterocycles. The van der Waals surface area contributed by atoms with Crippen LogP contribution in [-0.2, 0) is 6.67 Å². The van der Waals surface area contributed by atoms with Gasteiger partial charge in [-0.2, -0.15) is 0 Å². The second kappa shape index (κ2) is 7.27. The van der Waals surface area contributed by atoms with E-state index in [9.17, 15) is 20.2 Å². The molecule has 1 heterocycles. The van der Waals surface area contributed by atoms with Gasteiger partial charge in [0.1, 0.15) is 0 Å². The SMILES string of the molecule is CCN(CC)Cn1nc(-c2cc([N+](=O)[O-])cc([N+](=O)[O-])c2)oc1=S. The summed E-state index contributed by atoms with van der Waals surface area (Å²) >= 11 is 5.10. The first-order valence-electron chi connectivity index (χ1n) is 7.10. The molecule has 0 fully saturated rings. The summed E-state index contributed by atoms with van der Waals surface area (Å²) in [6.07, 6.45) is 0. The fraction of sp³-hybridized carbons (Fsp3) is 0.385. The number of hydrogen-bond donors (Lipinski definition) is 0. The topological polar surface area (TPSA) is 120 Å². The maximum absolute atomic E-state index is 11.0. The van der Waals surface area contributed by atoms with E-state index in [1.54, 1.807) is 0 Å². The van der Waals surface area contributed by atoms with E-state index in [0.717, 1.165) is 31.3 Å². The summed E-state index contributed by atoms with van der Waals surface area (Å²) in [6.45, 7) is 5.92. The number of nitrogens with zero attached hydrogens (tertiary/aromatic N) is 5. The summed E-state index contributed by atoms with van der Waals surface area (Å²) in [5, 5.41) is 26.1. The Hall–Kier alpha value is -2.66. The Morgan fingerprint density at radius 1 is 1.17 bits per heavy atom. The molecule has 0 atom stereocenters. The molecule has 24 heavy (non-hydrogen) atoms. The smallest absolute Gasteiger partial charge is 0.288 e. The lowest BCUT2D eigenvalue weighted by Gasteiger charge is -2.16.